The topological polar surface area (TPSA) is 59.0 Å². The van der Waals surface area contributed by atoms with Crippen LogP contribution in [0.2, 0.25) is 10.0 Å². The van der Waals surface area contributed by atoms with Gasteiger partial charge < -0.3 is 15.2 Å². The Balaban J connectivity index is 2.61. The van der Waals surface area contributed by atoms with Crippen molar-refractivity contribution in [2.24, 2.45) is 5.92 Å². The standard InChI is InChI=1S/C19H26Cl2N4O/c1-6-15(11(3)4)25-16(7-2)24-18(17(25)19(26)22-5)23-14-9-8-12(20)10-13(14)21/h8-11,15,23H,6-7H2,1-5H3,(H,22,26). The summed E-state index contributed by atoms with van der Waals surface area (Å²) in [4.78, 5) is 17.4. The van der Waals surface area contributed by atoms with E-state index in [2.05, 4.69) is 36.0 Å². The zero-order chi connectivity index (χ0) is 19.4. The number of benzene rings is 1. The molecule has 0 radical (unpaired) electrons. The van der Waals surface area contributed by atoms with Crippen molar-refractivity contribution in [3.05, 3.63) is 39.8 Å². The van der Waals surface area contributed by atoms with Crippen LogP contribution in [0.15, 0.2) is 18.2 Å². The maximum absolute atomic E-state index is 12.7. The molecule has 5 nitrogen and oxygen atoms in total. The summed E-state index contributed by atoms with van der Waals surface area (Å²) in [6.45, 7) is 8.48. The van der Waals surface area contributed by atoms with E-state index in [0.717, 1.165) is 18.7 Å². The summed E-state index contributed by atoms with van der Waals surface area (Å²) < 4.78 is 2.07. The summed E-state index contributed by atoms with van der Waals surface area (Å²) in [6.07, 6.45) is 1.63. The monoisotopic (exact) mass is 396 g/mol. The first-order chi connectivity index (χ1) is 12.3. The fourth-order valence-electron chi connectivity index (χ4n) is 3.18. The van der Waals surface area contributed by atoms with Crippen LogP contribution in [0.5, 0.6) is 0 Å². The third kappa shape index (κ3) is 4.15. The lowest BCUT2D eigenvalue weighted by Gasteiger charge is -2.25. The number of halogens is 2. The minimum atomic E-state index is -0.177. The first kappa shape index (κ1) is 20.6. The quantitative estimate of drug-likeness (QED) is 0.652. The van der Waals surface area contributed by atoms with Crippen LogP contribution in [0.1, 0.15) is 56.5 Å². The van der Waals surface area contributed by atoms with Gasteiger partial charge in [-0.1, -0.05) is 50.9 Å². The summed E-state index contributed by atoms with van der Waals surface area (Å²) in [7, 11) is 1.63. The number of aromatic nitrogens is 2. The Bertz CT molecular complexity index is 786. The number of nitrogens with one attached hydrogen (secondary N) is 2. The number of imidazole rings is 1. The van der Waals surface area contributed by atoms with Gasteiger partial charge in [-0.05, 0) is 30.5 Å². The molecule has 0 spiro atoms. The fraction of sp³-hybridized carbons (Fsp3) is 0.474. The zero-order valence-corrected chi connectivity index (χ0v) is 17.4. The van der Waals surface area contributed by atoms with Crippen LogP contribution >= 0.6 is 23.2 Å². The van der Waals surface area contributed by atoms with Gasteiger partial charge in [-0.25, -0.2) is 4.98 Å². The molecule has 0 fully saturated rings. The SMILES string of the molecule is CCc1nc(Nc2ccc(Cl)cc2Cl)c(C(=O)NC)n1C(CC)C(C)C. The van der Waals surface area contributed by atoms with Crippen molar-refractivity contribution in [2.75, 3.05) is 12.4 Å². The second-order valence-electron chi connectivity index (χ2n) is 6.50. The Morgan fingerprint density at radius 1 is 1.27 bits per heavy atom. The van der Waals surface area contributed by atoms with E-state index in [1.54, 1.807) is 25.2 Å². The number of amides is 1. The third-order valence-corrected chi connectivity index (χ3v) is 4.99. The minimum absolute atomic E-state index is 0.177. The molecule has 1 aromatic carbocycles. The van der Waals surface area contributed by atoms with Crippen LogP contribution in [0, 0.1) is 5.92 Å². The van der Waals surface area contributed by atoms with Crippen molar-refractivity contribution in [1.29, 1.82) is 0 Å². The molecule has 1 aromatic heterocycles. The molecule has 0 aliphatic rings. The van der Waals surface area contributed by atoms with Gasteiger partial charge in [0.1, 0.15) is 5.82 Å². The van der Waals surface area contributed by atoms with E-state index in [0.29, 0.717) is 33.2 Å². The third-order valence-electron chi connectivity index (χ3n) is 4.45. The van der Waals surface area contributed by atoms with E-state index in [9.17, 15) is 4.79 Å². The van der Waals surface area contributed by atoms with Crippen LogP contribution in [0.25, 0.3) is 0 Å². The highest BCUT2D eigenvalue weighted by Gasteiger charge is 2.27. The first-order valence-electron chi connectivity index (χ1n) is 8.89. The number of carbonyl (C=O) groups is 1. The van der Waals surface area contributed by atoms with Crippen LogP contribution in [-0.4, -0.2) is 22.5 Å². The Labute approximate surface area is 165 Å². The highest BCUT2D eigenvalue weighted by Crippen LogP contribution is 2.33. The van der Waals surface area contributed by atoms with Crippen LogP contribution < -0.4 is 10.6 Å². The van der Waals surface area contributed by atoms with Gasteiger partial charge in [0.2, 0.25) is 0 Å². The predicted molar refractivity (Wildman–Crippen MR) is 109 cm³/mol. The zero-order valence-electron chi connectivity index (χ0n) is 15.9. The number of carbonyl (C=O) groups excluding carboxylic acids is 1. The van der Waals surface area contributed by atoms with Crippen molar-refractivity contribution in [1.82, 2.24) is 14.9 Å². The van der Waals surface area contributed by atoms with E-state index in [1.165, 1.54) is 0 Å². The van der Waals surface area contributed by atoms with Crippen LogP contribution in [0.4, 0.5) is 11.5 Å². The van der Waals surface area contributed by atoms with Crippen molar-refractivity contribution in [3.63, 3.8) is 0 Å². The summed E-state index contributed by atoms with van der Waals surface area (Å²) in [6, 6.07) is 5.37. The lowest BCUT2D eigenvalue weighted by Crippen LogP contribution is -2.27. The Morgan fingerprint density at radius 3 is 2.46 bits per heavy atom. The van der Waals surface area contributed by atoms with Gasteiger partial charge in [-0.3, -0.25) is 4.79 Å². The van der Waals surface area contributed by atoms with Gasteiger partial charge in [0.25, 0.3) is 5.91 Å². The summed E-state index contributed by atoms with van der Waals surface area (Å²) >= 11 is 12.3. The molecule has 26 heavy (non-hydrogen) atoms. The molecule has 0 aliphatic carbocycles. The molecule has 1 amide bonds. The van der Waals surface area contributed by atoms with Gasteiger partial charge in [-0.15, -0.1) is 0 Å². The van der Waals surface area contributed by atoms with Gasteiger partial charge in [0.15, 0.2) is 11.5 Å². The van der Waals surface area contributed by atoms with Crippen LogP contribution in [-0.2, 0) is 6.42 Å². The number of hydrogen-bond acceptors (Lipinski definition) is 3. The number of aryl methyl sites for hydroxylation is 1. The van der Waals surface area contributed by atoms with E-state index >= 15 is 0 Å². The van der Waals surface area contributed by atoms with E-state index in [4.69, 9.17) is 28.2 Å². The summed E-state index contributed by atoms with van der Waals surface area (Å²) in [5.41, 5.74) is 1.18. The van der Waals surface area contributed by atoms with Crippen LogP contribution in [0.3, 0.4) is 0 Å². The lowest BCUT2D eigenvalue weighted by atomic mass is 10.0. The Hall–Kier alpha value is -1.72. The molecule has 2 rings (SSSR count). The van der Waals surface area contributed by atoms with Gasteiger partial charge >= 0.3 is 0 Å². The van der Waals surface area contributed by atoms with Gasteiger partial charge in [0.05, 0.1) is 10.7 Å². The Kier molecular flexibility index (Phi) is 6.95. The molecular formula is C19H26Cl2N4O. The van der Waals surface area contributed by atoms with Gasteiger partial charge in [-0.2, -0.15) is 0 Å². The highest BCUT2D eigenvalue weighted by atomic mass is 35.5. The minimum Gasteiger partial charge on any atom is -0.354 e. The average molecular weight is 397 g/mol. The van der Waals surface area contributed by atoms with E-state index in [-0.39, 0.29) is 11.9 Å². The molecule has 142 valence electrons. The lowest BCUT2D eigenvalue weighted by molar-refractivity contribution is 0.0950. The second kappa shape index (κ2) is 8.78. The first-order valence-corrected chi connectivity index (χ1v) is 9.64. The largest absolute Gasteiger partial charge is 0.354 e. The number of nitrogens with zero attached hydrogens (tertiary/aromatic N) is 2. The highest BCUT2D eigenvalue weighted by molar-refractivity contribution is 6.36. The normalized spacial score (nSPS) is 12.3. The molecule has 1 unspecified atom stereocenters. The maximum Gasteiger partial charge on any atom is 0.271 e. The molecule has 0 saturated carbocycles. The predicted octanol–water partition coefficient (Wildman–Crippen LogP) is 5.46. The van der Waals surface area contributed by atoms with Crippen molar-refractivity contribution in [3.8, 4) is 0 Å². The molecule has 2 N–H and O–H groups in total. The number of hydrogen-bond donors (Lipinski definition) is 2. The maximum atomic E-state index is 12.7. The summed E-state index contributed by atoms with van der Waals surface area (Å²) in [5, 5.41) is 6.98. The smallest absolute Gasteiger partial charge is 0.271 e. The number of anilines is 2. The number of rotatable bonds is 7. The fourth-order valence-corrected chi connectivity index (χ4v) is 3.63. The molecule has 0 bridgehead atoms. The molecule has 0 aliphatic heterocycles. The van der Waals surface area contributed by atoms with Crippen molar-refractivity contribution < 1.29 is 4.79 Å². The molecule has 1 atom stereocenters. The summed E-state index contributed by atoms with van der Waals surface area (Å²) in [5.74, 6) is 1.57. The molecule has 2 aromatic rings. The molecule has 0 saturated heterocycles. The average Bonchev–Trinajstić information content (AvgIpc) is 2.95. The molecular weight excluding hydrogens is 371 g/mol. The molecule has 1 heterocycles. The second-order valence-corrected chi connectivity index (χ2v) is 7.34. The van der Waals surface area contributed by atoms with E-state index in [1.807, 2.05) is 6.92 Å². The molecule has 7 heteroatoms. The van der Waals surface area contributed by atoms with Crippen molar-refractivity contribution >= 4 is 40.6 Å². The van der Waals surface area contributed by atoms with E-state index < -0.39 is 0 Å². The van der Waals surface area contributed by atoms with Gasteiger partial charge in [0, 0.05) is 24.5 Å². The van der Waals surface area contributed by atoms with Crippen molar-refractivity contribution in [2.45, 2.75) is 46.6 Å². The Morgan fingerprint density at radius 2 is 1.96 bits per heavy atom.